The van der Waals surface area contributed by atoms with E-state index < -0.39 is 0 Å². The zero-order chi connectivity index (χ0) is 11.2. The summed E-state index contributed by atoms with van der Waals surface area (Å²) in [6.45, 7) is 0. The van der Waals surface area contributed by atoms with E-state index in [4.69, 9.17) is 9.25 Å². The highest BCUT2D eigenvalue weighted by atomic mass is 16.7. The average Bonchev–Trinajstić information content (AvgIpc) is 2.78. The first-order chi connectivity index (χ1) is 8.43. The Morgan fingerprint density at radius 1 is 0.941 bits per heavy atom. The molecule has 1 aliphatic rings. The molecule has 4 heteroatoms. The first-order valence-corrected chi connectivity index (χ1v) is 5.39. The molecule has 1 aromatic heterocycles. The predicted molar refractivity (Wildman–Crippen MR) is 61.8 cm³/mol. The zero-order valence-corrected chi connectivity index (χ0v) is 8.88. The predicted octanol–water partition coefficient (Wildman–Crippen LogP) is 2.24. The quantitative estimate of drug-likeness (QED) is 0.596. The van der Waals surface area contributed by atoms with Crippen LogP contribution in [0, 0.1) is 0 Å². The molecule has 2 aromatic carbocycles. The van der Waals surface area contributed by atoms with Gasteiger partial charge in [0.05, 0.1) is 0 Å². The lowest BCUT2D eigenvalue weighted by molar-refractivity contribution is -0.644. The minimum absolute atomic E-state index is 0.757. The van der Waals surface area contributed by atoms with E-state index in [1.807, 2.05) is 48.5 Å². The number of hydrogen-bond acceptors (Lipinski definition) is 3. The van der Waals surface area contributed by atoms with Crippen LogP contribution in [0.1, 0.15) is 0 Å². The van der Waals surface area contributed by atoms with Gasteiger partial charge in [0.15, 0.2) is 5.75 Å². The van der Waals surface area contributed by atoms with Crippen molar-refractivity contribution in [2.45, 2.75) is 0 Å². The molecule has 82 valence electrons. The lowest BCUT2D eigenvalue weighted by atomic mass is 10.2. The van der Waals surface area contributed by atoms with Gasteiger partial charge in [-0.3, -0.25) is 0 Å². The third-order valence-corrected chi connectivity index (χ3v) is 2.88. The average molecular weight is 225 g/mol. The Labute approximate surface area is 97.0 Å². The number of nitrogens with one attached hydrogen (secondary N) is 1. The summed E-state index contributed by atoms with van der Waals surface area (Å²) in [5.41, 5.74) is 5.60. The highest BCUT2D eigenvalue weighted by molar-refractivity contribution is 5.73. The van der Waals surface area contributed by atoms with E-state index in [0.29, 0.717) is 0 Å². The maximum absolute atomic E-state index is 5.84. The summed E-state index contributed by atoms with van der Waals surface area (Å²) >= 11 is 0. The van der Waals surface area contributed by atoms with Gasteiger partial charge in [0.2, 0.25) is 5.58 Å². The molecule has 0 aliphatic carbocycles. The first-order valence-electron chi connectivity index (χ1n) is 5.39. The van der Waals surface area contributed by atoms with Gasteiger partial charge in [-0.25, -0.2) is 0 Å². The van der Waals surface area contributed by atoms with Crippen LogP contribution in [-0.4, -0.2) is 0 Å². The maximum atomic E-state index is 5.84. The molecule has 0 amide bonds. The largest absolute Gasteiger partial charge is 0.417 e. The van der Waals surface area contributed by atoms with Crippen LogP contribution in [0.4, 0.5) is 0 Å². The maximum Gasteiger partial charge on any atom is 0.417 e. The van der Waals surface area contributed by atoms with E-state index in [0.717, 1.165) is 28.3 Å². The summed E-state index contributed by atoms with van der Waals surface area (Å²) < 4.78 is 7.64. The summed E-state index contributed by atoms with van der Waals surface area (Å²) in [6, 6.07) is 15.6. The molecule has 0 bridgehead atoms. The van der Waals surface area contributed by atoms with Crippen molar-refractivity contribution >= 4 is 11.1 Å². The number of rotatable bonds is 0. The summed E-state index contributed by atoms with van der Waals surface area (Å²) in [5.74, 6) is 1.53. The SMILES string of the molecule is c1ccc2c(c1)ON[n+]1c-2oc2ccccc21. The number of aromatic nitrogens is 1. The standard InChI is InChI=1S/C13H9N2O2/c1-3-7-11-9(5-1)13-15(14-17-11)10-6-2-4-8-12(10)16-13/h1-8,14H/q+1. The van der Waals surface area contributed by atoms with Crippen LogP contribution in [0.15, 0.2) is 52.9 Å². The van der Waals surface area contributed by atoms with Gasteiger partial charge in [-0.05, 0) is 28.5 Å². The van der Waals surface area contributed by atoms with E-state index in [-0.39, 0.29) is 0 Å². The van der Waals surface area contributed by atoms with Gasteiger partial charge in [-0.1, -0.05) is 24.3 Å². The molecule has 17 heavy (non-hydrogen) atoms. The van der Waals surface area contributed by atoms with Crippen molar-refractivity contribution < 1.29 is 13.9 Å². The minimum Gasteiger partial charge on any atom is -0.395 e. The fourth-order valence-corrected chi connectivity index (χ4v) is 2.08. The highest BCUT2D eigenvalue weighted by Crippen LogP contribution is 2.31. The van der Waals surface area contributed by atoms with Crippen molar-refractivity contribution in [2.24, 2.45) is 0 Å². The molecule has 1 aliphatic heterocycles. The Balaban J connectivity index is 2.10. The molecule has 0 fully saturated rings. The van der Waals surface area contributed by atoms with Gasteiger partial charge >= 0.3 is 5.89 Å². The summed E-state index contributed by atoms with van der Waals surface area (Å²) in [7, 11) is 0. The van der Waals surface area contributed by atoms with E-state index in [2.05, 4.69) is 5.59 Å². The topological polar surface area (TPSA) is 38.3 Å². The van der Waals surface area contributed by atoms with E-state index >= 15 is 0 Å². The van der Waals surface area contributed by atoms with Gasteiger partial charge < -0.3 is 9.25 Å². The highest BCUT2D eigenvalue weighted by Gasteiger charge is 2.31. The van der Waals surface area contributed by atoms with Gasteiger partial charge in [0.25, 0.3) is 5.52 Å². The smallest absolute Gasteiger partial charge is 0.395 e. The molecule has 3 aromatic rings. The second-order valence-corrected chi connectivity index (χ2v) is 3.90. The normalized spacial score (nSPS) is 12.5. The second kappa shape index (κ2) is 3.01. The molecular formula is C13H9N2O2+. The van der Waals surface area contributed by atoms with Gasteiger partial charge in [-0.2, -0.15) is 0 Å². The fourth-order valence-electron chi connectivity index (χ4n) is 2.08. The second-order valence-electron chi connectivity index (χ2n) is 3.90. The molecule has 1 N–H and O–H groups in total. The van der Waals surface area contributed by atoms with Crippen LogP contribution < -0.4 is 15.1 Å². The van der Waals surface area contributed by atoms with Crippen LogP contribution in [0.3, 0.4) is 0 Å². The van der Waals surface area contributed by atoms with Crippen LogP contribution in [0.5, 0.6) is 5.75 Å². The molecule has 0 saturated carbocycles. The molecular weight excluding hydrogens is 216 g/mol. The zero-order valence-electron chi connectivity index (χ0n) is 8.88. The van der Waals surface area contributed by atoms with Crippen molar-refractivity contribution in [1.29, 1.82) is 0 Å². The van der Waals surface area contributed by atoms with Crippen molar-refractivity contribution in [2.75, 3.05) is 5.59 Å². The Morgan fingerprint density at radius 2 is 1.76 bits per heavy atom. The van der Waals surface area contributed by atoms with Crippen LogP contribution in [-0.2, 0) is 0 Å². The van der Waals surface area contributed by atoms with Gasteiger partial charge in [0, 0.05) is 6.07 Å². The van der Waals surface area contributed by atoms with Crippen molar-refractivity contribution in [3.8, 4) is 17.2 Å². The lowest BCUT2D eigenvalue weighted by Crippen LogP contribution is -2.49. The molecule has 0 saturated heterocycles. The van der Waals surface area contributed by atoms with E-state index in [9.17, 15) is 0 Å². The van der Waals surface area contributed by atoms with Crippen molar-refractivity contribution in [3.63, 3.8) is 0 Å². The first kappa shape index (κ1) is 8.64. The van der Waals surface area contributed by atoms with Crippen molar-refractivity contribution in [3.05, 3.63) is 48.5 Å². The monoisotopic (exact) mass is 225 g/mol. The van der Waals surface area contributed by atoms with Crippen LogP contribution in [0.2, 0.25) is 0 Å². The minimum atomic E-state index is 0.757. The summed E-state index contributed by atoms with van der Waals surface area (Å²) in [4.78, 5) is 5.47. The third-order valence-electron chi connectivity index (χ3n) is 2.88. The molecule has 0 spiro atoms. The van der Waals surface area contributed by atoms with Crippen LogP contribution in [0.25, 0.3) is 22.6 Å². The summed E-state index contributed by atoms with van der Waals surface area (Å²) in [5, 5.41) is 0. The number of para-hydroxylation sites is 3. The van der Waals surface area contributed by atoms with Gasteiger partial charge in [-0.15, -0.1) is 0 Å². The Morgan fingerprint density at radius 3 is 2.76 bits per heavy atom. The molecule has 2 heterocycles. The van der Waals surface area contributed by atoms with Crippen LogP contribution >= 0.6 is 0 Å². The van der Waals surface area contributed by atoms with E-state index in [1.165, 1.54) is 0 Å². The van der Waals surface area contributed by atoms with Crippen molar-refractivity contribution in [1.82, 2.24) is 0 Å². The number of fused-ring (bicyclic) bond motifs is 5. The Bertz CT molecular complexity index is 718. The number of benzene rings is 2. The molecule has 0 unspecified atom stereocenters. The van der Waals surface area contributed by atoms with E-state index in [1.54, 1.807) is 4.68 Å². The Hall–Kier alpha value is -2.49. The lowest BCUT2D eigenvalue weighted by Gasteiger charge is -2.09. The molecule has 0 atom stereocenters. The molecule has 0 radical (unpaired) electrons. The molecule has 4 rings (SSSR count). The third kappa shape index (κ3) is 1.09. The fraction of sp³-hybridized carbons (Fsp3) is 0. The Kier molecular flexibility index (Phi) is 1.53. The molecule has 4 nitrogen and oxygen atoms in total. The number of oxazole rings is 1. The van der Waals surface area contributed by atoms with Gasteiger partial charge in [0.1, 0.15) is 5.56 Å². The summed E-state index contributed by atoms with van der Waals surface area (Å²) in [6.07, 6.45) is 0. The number of hydrogen-bond donors (Lipinski definition) is 1. The number of nitrogens with zero attached hydrogens (tertiary/aromatic N) is 1.